The summed E-state index contributed by atoms with van der Waals surface area (Å²) >= 11 is 6.27. The molecule has 3 N–H and O–H groups in total. The fraction of sp³-hybridized carbons (Fsp3) is 0.0870. The van der Waals surface area contributed by atoms with Gasteiger partial charge in [0.1, 0.15) is 5.15 Å². The summed E-state index contributed by atoms with van der Waals surface area (Å²) in [7, 11) is 1.54. The number of fused-ring (bicyclic) bond motifs is 1. The van der Waals surface area contributed by atoms with Gasteiger partial charge in [-0.2, -0.15) is 0 Å². The summed E-state index contributed by atoms with van der Waals surface area (Å²) < 4.78 is 1.72. The zero-order valence-corrected chi connectivity index (χ0v) is 17.7. The number of rotatable bonds is 5. The van der Waals surface area contributed by atoms with Crippen LogP contribution in [0, 0.1) is 6.92 Å². The van der Waals surface area contributed by atoms with Crippen molar-refractivity contribution in [3.63, 3.8) is 0 Å². The van der Waals surface area contributed by atoms with Crippen molar-refractivity contribution in [3.8, 4) is 0 Å². The molecule has 0 saturated carbocycles. The summed E-state index contributed by atoms with van der Waals surface area (Å²) in [4.78, 5) is 29.6. The van der Waals surface area contributed by atoms with E-state index in [1.807, 2.05) is 49.4 Å². The van der Waals surface area contributed by atoms with E-state index >= 15 is 0 Å². The highest BCUT2D eigenvalue weighted by molar-refractivity contribution is 6.31. The number of nitrogens with one attached hydrogen (secondary N) is 3. The third-order valence-electron chi connectivity index (χ3n) is 4.90. The van der Waals surface area contributed by atoms with E-state index in [1.54, 1.807) is 22.7 Å². The van der Waals surface area contributed by atoms with Gasteiger partial charge in [0.15, 0.2) is 5.82 Å². The number of benzene rings is 1. The van der Waals surface area contributed by atoms with Crippen molar-refractivity contribution in [1.82, 2.24) is 14.7 Å². The lowest BCUT2D eigenvalue weighted by molar-refractivity contribution is 0.0961. The molecule has 0 atom stereocenters. The first kappa shape index (κ1) is 20.4. The number of aryl methyl sites for hydroxylation is 1. The van der Waals surface area contributed by atoms with Gasteiger partial charge in [-0.15, -0.1) is 0 Å². The maximum absolute atomic E-state index is 13.1. The van der Waals surface area contributed by atoms with Gasteiger partial charge < -0.3 is 20.4 Å². The van der Waals surface area contributed by atoms with Crippen molar-refractivity contribution in [2.24, 2.45) is 0 Å². The number of para-hydroxylation sites is 1. The van der Waals surface area contributed by atoms with Gasteiger partial charge in [-0.25, -0.2) is 4.98 Å². The van der Waals surface area contributed by atoms with E-state index in [9.17, 15) is 9.59 Å². The third kappa shape index (κ3) is 4.08. The van der Waals surface area contributed by atoms with Gasteiger partial charge in [0.25, 0.3) is 11.8 Å². The Hall–Kier alpha value is -3.84. The van der Waals surface area contributed by atoms with Crippen LogP contribution in [-0.4, -0.2) is 28.2 Å². The number of carbonyl (C=O) groups is 2. The minimum Gasteiger partial charge on any atom is -0.355 e. The number of pyridine rings is 2. The van der Waals surface area contributed by atoms with Crippen molar-refractivity contribution in [1.29, 1.82) is 0 Å². The molecule has 0 unspecified atom stereocenters. The van der Waals surface area contributed by atoms with Crippen LogP contribution in [0.4, 0.5) is 17.2 Å². The number of hydrogen-bond acceptors (Lipinski definition) is 4. The molecule has 0 spiro atoms. The third-order valence-corrected chi connectivity index (χ3v) is 5.19. The first-order chi connectivity index (χ1) is 15.0. The number of amides is 2. The summed E-state index contributed by atoms with van der Waals surface area (Å²) in [5.41, 5.74) is 3.65. The molecule has 4 aromatic rings. The molecular weight excluding hydrogens is 414 g/mol. The predicted molar refractivity (Wildman–Crippen MR) is 122 cm³/mol. The molecule has 0 bridgehead atoms. The highest BCUT2D eigenvalue weighted by Gasteiger charge is 2.18. The largest absolute Gasteiger partial charge is 0.355 e. The zero-order chi connectivity index (χ0) is 22.0. The van der Waals surface area contributed by atoms with Crippen molar-refractivity contribution >= 4 is 46.1 Å². The van der Waals surface area contributed by atoms with Gasteiger partial charge in [0.2, 0.25) is 0 Å². The Morgan fingerprint density at radius 1 is 1.00 bits per heavy atom. The first-order valence-electron chi connectivity index (χ1n) is 9.59. The second kappa shape index (κ2) is 8.49. The minimum atomic E-state index is -0.362. The maximum Gasteiger partial charge on any atom is 0.258 e. The van der Waals surface area contributed by atoms with Gasteiger partial charge >= 0.3 is 0 Å². The molecule has 31 heavy (non-hydrogen) atoms. The van der Waals surface area contributed by atoms with Crippen LogP contribution in [0.3, 0.4) is 0 Å². The molecular formula is C23H20ClN5O2. The summed E-state index contributed by atoms with van der Waals surface area (Å²) in [5.74, 6) is -0.244. The lowest BCUT2D eigenvalue weighted by Crippen LogP contribution is -2.19. The fourth-order valence-corrected chi connectivity index (χ4v) is 3.51. The Balaban J connectivity index is 1.73. The van der Waals surface area contributed by atoms with Crippen LogP contribution >= 0.6 is 11.6 Å². The van der Waals surface area contributed by atoms with Gasteiger partial charge in [0, 0.05) is 25.1 Å². The van der Waals surface area contributed by atoms with E-state index < -0.39 is 0 Å². The molecule has 0 saturated heterocycles. The van der Waals surface area contributed by atoms with E-state index in [2.05, 4.69) is 20.9 Å². The van der Waals surface area contributed by atoms with Crippen molar-refractivity contribution in [3.05, 3.63) is 88.8 Å². The quantitative estimate of drug-likeness (QED) is 0.427. The van der Waals surface area contributed by atoms with Gasteiger partial charge in [0.05, 0.1) is 22.3 Å². The number of nitrogens with zero attached hydrogens (tertiary/aromatic N) is 2. The van der Waals surface area contributed by atoms with E-state index in [1.165, 1.54) is 13.2 Å². The van der Waals surface area contributed by atoms with E-state index in [-0.39, 0.29) is 11.8 Å². The Morgan fingerprint density at radius 2 is 1.77 bits per heavy atom. The molecule has 0 aliphatic carbocycles. The maximum atomic E-state index is 13.1. The normalized spacial score (nSPS) is 10.7. The van der Waals surface area contributed by atoms with Crippen molar-refractivity contribution in [2.75, 3.05) is 17.7 Å². The fourth-order valence-electron chi connectivity index (χ4n) is 3.25. The van der Waals surface area contributed by atoms with E-state index in [0.717, 1.165) is 11.3 Å². The first-order valence-corrected chi connectivity index (χ1v) is 9.97. The van der Waals surface area contributed by atoms with E-state index in [4.69, 9.17) is 11.6 Å². The summed E-state index contributed by atoms with van der Waals surface area (Å²) in [6.07, 6.45) is 3.24. The molecule has 7 nitrogen and oxygen atoms in total. The number of carbonyl (C=O) groups excluding carboxylic acids is 2. The molecule has 0 aliphatic rings. The smallest absolute Gasteiger partial charge is 0.258 e. The van der Waals surface area contributed by atoms with Crippen LogP contribution in [0.25, 0.3) is 5.52 Å². The average molecular weight is 434 g/mol. The summed E-state index contributed by atoms with van der Waals surface area (Å²) in [6, 6.07) is 16.4. The highest BCUT2D eigenvalue weighted by Crippen LogP contribution is 2.28. The Bertz CT molecular complexity index is 1300. The van der Waals surface area contributed by atoms with Gasteiger partial charge in [-0.05, 0) is 42.8 Å². The predicted octanol–water partition coefficient (Wildman–Crippen LogP) is 4.65. The standard InChI is InChI=1S/C23H20ClN5O2/c1-14-7-3-4-8-17(14)27-21-18(11-15(13-26-21)22(30)25-2)28-23(31)16-12-20(24)29-10-6-5-9-19(16)29/h3-13H,1-2H3,(H,25,30)(H,26,27)(H,28,31). The van der Waals surface area contributed by atoms with Crippen LogP contribution in [0.2, 0.25) is 5.15 Å². The highest BCUT2D eigenvalue weighted by atomic mass is 35.5. The molecule has 0 radical (unpaired) electrons. The van der Waals surface area contributed by atoms with Crippen LogP contribution in [-0.2, 0) is 0 Å². The molecule has 0 aliphatic heterocycles. The van der Waals surface area contributed by atoms with Crippen LogP contribution in [0.5, 0.6) is 0 Å². The molecule has 3 aromatic heterocycles. The lowest BCUT2D eigenvalue weighted by Gasteiger charge is -2.15. The topological polar surface area (TPSA) is 87.5 Å². The molecule has 1 aromatic carbocycles. The number of halogens is 1. The summed E-state index contributed by atoms with van der Waals surface area (Å²) in [5, 5.41) is 9.10. The molecule has 4 rings (SSSR count). The monoisotopic (exact) mass is 433 g/mol. The Labute approximate surface area is 184 Å². The molecule has 8 heteroatoms. The molecule has 0 fully saturated rings. The van der Waals surface area contributed by atoms with Gasteiger partial charge in [-0.1, -0.05) is 35.9 Å². The lowest BCUT2D eigenvalue weighted by atomic mass is 10.2. The molecule has 156 valence electrons. The average Bonchev–Trinajstić information content (AvgIpc) is 3.12. The van der Waals surface area contributed by atoms with Crippen molar-refractivity contribution in [2.45, 2.75) is 6.92 Å². The minimum absolute atomic E-state index is 0.303. The zero-order valence-electron chi connectivity index (χ0n) is 16.9. The second-order valence-corrected chi connectivity index (χ2v) is 7.32. The van der Waals surface area contributed by atoms with Crippen LogP contribution in [0.1, 0.15) is 26.3 Å². The Kier molecular flexibility index (Phi) is 5.60. The number of anilines is 3. The SMILES string of the molecule is CNC(=O)c1cnc(Nc2ccccc2C)c(NC(=O)c2cc(Cl)n3ccccc23)c1. The van der Waals surface area contributed by atoms with E-state index in [0.29, 0.717) is 33.3 Å². The Morgan fingerprint density at radius 3 is 2.55 bits per heavy atom. The van der Waals surface area contributed by atoms with Crippen LogP contribution in [0.15, 0.2) is 67.0 Å². The van der Waals surface area contributed by atoms with Crippen LogP contribution < -0.4 is 16.0 Å². The summed E-state index contributed by atoms with van der Waals surface area (Å²) in [6.45, 7) is 1.97. The van der Waals surface area contributed by atoms with Crippen molar-refractivity contribution < 1.29 is 9.59 Å². The van der Waals surface area contributed by atoms with Gasteiger partial charge in [-0.3, -0.25) is 9.59 Å². The number of aromatic nitrogens is 2. The molecule has 2 amide bonds. The number of hydrogen-bond donors (Lipinski definition) is 3. The second-order valence-electron chi connectivity index (χ2n) is 6.93. The molecule has 3 heterocycles.